The highest BCUT2D eigenvalue weighted by Gasteiger charge is 2.25. The molecule has 2 aromatic heterocycles. The van der Waals surface area contributed by atoms with E-state index >= 15 is 0 Å². The monoisotopic (exact) mass is 424 g/mol. The summed E-state index contributed by atoms with van der Waals surface area (Å²) in [5.74, 6) is 0.904. The number of thioether (sulfide) groups is 1. The highest BCUT2D eigenvalue weighted by atomic mass is 32.2. The molecule has 3 heterocycles. The van der Waals surface area contributed by atoms with Crippen molar-refractivity contribution in [2.75, 3.05) is 17.2 Å². The van der Waals surface area contributed by atoms with Gasteiger partial charge in [0.2, 0.25) is 5.91 Å². The number of nitrogens with zero attached hydrogens (tertiary/aromatic N) is 6. The normalized spacial score (nSPS) is 13.2. The third kappa shape index (κ3) is 3.90. The van der Waals surface area contributed by atoms with Crippen molar-refractivity contribution in [3.05, 3.63) is 58.4 Å². The lowest BCUT2D eigenvalue weighted by atomic mass is 10.0. The zero-order valence-electron chi connectivity index (χ0n) is 16.4. The van der Waals surface area contributed by atoms with E-state index in [9.17, 15) is 14.9 Å². The van der Waals surface area contributed by atoms with Crippen LogP contribution < -0.4 is 4.90 Å². The number of benzene rings is 1. The number of nitro groups is 1. The summed E-state index contributed by atoms with van der Waals surface area (Å²) in [6.07, 6.45) is 4.92. The number of non-ortho nitro benzene ring substituents is 1. The SMILES string of the molecule is CCn1c(SCC(=O)N2CCCc3cc([N+](=O)[O-])ccc32)nnc1-c1ccncc1. The van der Waals surface area contributed by atoms with Crippen molar-refractivity contribution >= 4 is 29.0 Å². The Balaban J connectivity index is 1.50. The maximum Gasteiger partial charge on any atom is 0.269 e. The Morgan fingerprint density at radius 1 is 1.23 bits per heavy atom. The predicted octanol–water partition coefficient (Wildman–Crippen LogP) is 3.34. The maximum atomic E-state index is 12.9. The zero-order valence-corrected chi connectivity index (χ0v) is 17.2. The molecule has 0 spiro atoms. The van der Waals surface area contributed by atoms with Gasteiger partial charge >= 0.3 is 0 Å². The smallest absolute Gasteiger partial charge is 0.269 e. The van der Waals surface area contributed by atoms with Gasteiger partial charge in [0.05, 0.1) is 10.7 Å². The molecule has 154 valence electrons. The third-order valence-electron chi connectivity index (χ3n) is 4.99. The number of nitro benzene ring substituents is 1. The minimum Gasteiger partial charge on any atom is -0.311 e. The average Bonchev–Trinajstić information content (AvgIpc) is 3.20. The lowest BCUT2D eigenvalue weighted by molar-refractivity contribution is -0.384. The summed E-state index contributed by atoms with van der Waals surface area (Å²) in [6, 6.07) is 8.44. The second-order valence-electron chi connectivity index (χ2n) is 6.79. The molecule has 10 heteroatoms. The van der Waals surface area contributed by atoms with Crippen molar-refractivity contribution in [1.29, 1.82) is 0 Å². The lowest BCUT2D eigenvalue weighted by Crippen LogP contribution is -2.36. The van der Waals surface area contributed by atoms with Gasteiger partial charge in [-0.1, -0.05) is 11.8 Å². The molecular weight excluding hydrogens is 404 g/mol. The minimum atomic E-state index is -0.408. The third-order valence-corrected chi connectivity index (χ3v) is 5.94. The van der Waals surface area contributed by atoms with Gasteiger partial charge in [-0.25, -0.2) is 0 Å². The topological polar surface area (TPSA) is 107 Å². The summed E-state index contributed by atoms with van der Waals surface area (Å²) in [5, 5.41) is 20.3. The standard InChI is InChI=1S/C20H20N6O3S/c1-2-24-19(14-7-9-21-10-8-14)22-23-20(24)30-13-18(27)25-11-3-4-15-12-16(26(28)29)5-6-17(15)25/h5-10,12H,2-4,11,13H2,1H3. The Kier molecular flexibility index (Phi) is 5.75. The molecule has 0 aliphatic carbocycles. The number of aromatic nitrogens is 4. The summed E-state index contributed by atoms with van der Waals surface area (Å²) in [4.78, 5) is 29.3. The van der Waals surface area contributed by atoms with E-state index < -0.39 is 4.92 Å². The number of hydrogen-bond donors (Lipinski definition) is 0. The van der Waals surface area contributed by atoms with E-state index in [0.29, 0.717) is 18.2 Å². The summed E-state index contributed by atoms with van der Waals surface area (Å²) in [6.45, 7) is 3.29. The van der Waals surface area contributed by atoms with E-state index in [1.165, 1.54) is 17.8 Å². The van der Waals surface area contributed by atoms with Crippen molar-refractivity contribution < 1.29 is 9.72 Å². The van der Waals surface area contributed by atoms with Gasteiger partial charge in [0.15, 0.2) is 11.0 Å². The van der Waals surface area contributed by atoms with Gasteiger partial charge < -0.3 is 9.47 Å². The predicted molar refractivity (Wildman–Crippen MR) is 113 cm³/mol. The van der Waals surface area contributed by atoms with Gasteiger partial charge in [-0.3, -0.25) is 19.9 Å². The Bertz CT molecular complexity index is 1090. The minimum absolute atomic E-state index is 0.0501. The lowest BCUT2D eigenvalue weighted by Gasteiger charge is -2.29. The van der Waals surface area contributed by atoms with Crippen LogP contribution in [0, 0.1) is 10.1 Å². The van der Waals surface area contributed by atoms with Gasteiger partial charge in [0.1, 0.15) is 0 Å². The van der Waals surface area contributed by atoms with Gasteiger partial charge in [0, 0.05) is 48.9 Å². The first-order chi connectivity index (χ1) is 14.6. The van der Waals surface area contributed by atoms with E-state index in [-0.39, 0.29) is 17.3 Å². The van der Waals surface area contributed by atoms with Crippen molar-refractivity contribution in [3.63, 3.8) is 0 Å². The van der Waals surface area contributed by atoms with Crippen LogP contribution in [0.15, 0.2) is 47.9 Å². The number of anilines is 1. The number of amides is 1. The molecule has 0 unspecified atom stereocenters. The molecule has 0 saturated heterocycles. The molecule has 30 heavy (non-hydrogen) atoms. The van der Waals surface area contributed by atoms with Crippen molar-refractivity contribution in [2.24, 2.45) is 0 Å². The van der Waals surface area contributed by atoms with Crippen LogP contribution in [-0.4, -0.2) is 42.9 Å². The first-order valence-electron chi connectivity index (χ1n) is 9.62. The first-order valence-corrected chi connectivity index (χ1v) is 10.6. The van der Waals surface area contributed by atoms with E-state index in [0.717, 1.165) is 35.5 Å². The molecule has 1 aliphatic rings. The first kappa shape index (κ1) is 20.0. The Hall–Kier alpha value is -3.27. The number of carbonyl (C=O) groups is 1. The molecular formula is C20H20N6O3S. The summed E-state index contributed by atoms with van der Waals surface area (Å²) in [7, 11) is 0. The molecule has 0 fully saturated rings. The number of carbonyl (C=O) groups excluding carboxylic acids is 1. The molecule has 0 bridgehead atoms. The second kappa shape index (κ2) is 8.62. The van der Waals surface area contributed by atoms with Crippen LogP contribution in [0.2, 0.25) is 0 Å². The van der Waals surface area contributed by atoms with Gasteiger partial charge in [-0.15, -0.1) is 10.2 Å². The number of hydrogen-bond acceptors (Lipinski definition) is 7. The number of pyridine rings is 1. The number of rotatable bonds is 6. The fourth-order valence-electron chi connectivity index (χ4n) is 3.56. The summed E-state index contributed by atoms with van der Waals surface area (Å²) >= 11 is 1.35. The summed E-state index contributed by atoms with van der Waals surface area (Å²) < 4.78 is 1.97. The highest BCUT2D eigenvalue weighted by Crippen LogP contribution is 2.31. The fraction of sp³-hybridized carbons (Fsp3) is 0.300. The van der Waals surface area contributed by atoms with Gasteiger partial charge in [-0.2, -0.15) is 0 Å². The molecule has 9 nitrogen and oxygen atoms in total. The maximum absolute atomic E-state index is 12.9. The molecule has 1 aliphatic heterocycles. The molecule has 0 saturated carbocycles. The van der Waals surface area contributed by atoms with Gasteiger partial charge in [0.25, 0.3) is 5.69 Å². The molecule has 4 rings (SSSR count). The van der Waals surface area contributed by atoms with Crippen LogP contribution in [0.4, 0.5) is 11.4 Å². The van der Waals surface area contributed by atoms with Crippen molar-refractivity contribution in [1.82, 2.24) is 19.7 Å². The Labute approximate surface area is 177 Å². The highest BCUT2D eigenvalue weighted by molar-refractivity contribution is 7.99. The largest absolute Gasteiger partial charge is 0.311 e. The Morgan fingerprint density at radius 2 is 2.03 bits per heavy atom. The van der Waals surface area contributed by atoms with Crippen molar-refractivity contribution in [3.8, 4) is 11.4 Å². The molecule has 3 aromatic rings. The van der Waals surface area contributed by atoms with Crippen LogP contribution in [0.1, 0.15) is 18.9 Å². The van der Waals surface area contributed by atoms with E-state index in [1.807, 2.05) is 23.6 Å². The zero-order chi connectivity index (χ0) is 21.1. The fourth-order valence-corrected chi connectivity index (χ4v) is 4.43. The molecule has 1 aromatic carbocycles. The van der Waals surface area contributed by atoms with Crippen LogP contribution in [0.25, 0.3) is 11.4 Å². The molecule has 0 N–H and O–H groups in total. The quantitative estimate of drug-likeness (QED) is 0.339. The van der Waals surface area contributed by atoms with Crippen LogP contribution in [0.3, 0.4) is 0 Å². The van der Waals surface area contributed by atoms with E-state index in [1.54, 1.807) is 29.4 Å². The number of fused-ring (bicyclic) bond motifs is 1. The van der Waals surface area contributed by atoms with Gasteiger partial charge in [-0.05, 0) is 43.5 Å². The van der Waals surface area contributed by atoms with E-state index in [2.05, 4.69) is 15.2 Å². The average molecular weight is 424 g/mol. The number of aryl methyl sites for hydroxylation is 1. The van der Waals surface area contributed by atoms with Crippen LogP contribution in [0.5, 0.6) is 0 Å². The van der Waals surface area contributed by atoms with Crippen LogP contribution in [-0.2, 0) is 17.8 Å². The summed E-state index contributed by atoms with van der Waals surface area (Å²) in [5.41, 5.74) is 2.57. The van der Waals surface area contributed by atoms with E-state index in [4.69, 9.17) is 0 Å². The Morgan fingerprint density at radius 3 is 2.77 bits per heavy atom. The molecule has 0 atom stereocenters. The van der Waals surface area contributed by atoms with Crippen molar-refractivity contribution in [2.45, 2.75) is 31.5 Å². The molecule has 1 amide bonds. The molecule has 0 radical (unpaired) electrons. The van der Waals surface area contributed by atoms with Crippen LogP contribution >= 0.6 is 11.8 Å². The second-order valence-corrected chi connectivity index (χ2v) is 7.74.